The van der Waals surface area contributed by atoms with Gasteiger partial charge in [-0.3, -0.25) is 9.59 Å². The maximum Gasteiger partial charge on any atom is 0.295 e. The Labute approximate surface area is 243 Å². The molecule has 0 spiro atoms. The zero-order valence-corrected chi connectivity index (χ0v) is 24.0. The molecule has 42 heavy (non-hydrogen) atoms. The molecule has 1 atom stereocenters. The van der Waals surface area contributed by atoms with E-state index in [-0.39, 0.29) is 17.9 Å². The standard InChI is InChI=1S/C32H32N2O8/c1-38-20-8-10-24-23(15-20)19(17-33-24)12-13-34-29(22-9-7-21(39-2)16-26(22)41-4)28(31(36)32(34)37)30(35)18-6-11-25(40-3)27(14-18)42-5/h6-11,14-17,29,33,35H,12-13H2,1-5H3/t29-/m0/s1. The first-order valence-corrected chi connectivity index (χ1v) is 13.2. The van der Waals surface area contributed by atoms with E-state index in [0.29, 0.717) is 46.3 Å². The van der Waals surface area contributed by atoms with Crippen LogP contribution in [-0.4, -0.2) is 68.8 Å². The molecule has 5 rings (SSSR count). The van der Waals surface area contributed by atoms with Crippen molar-refractivity contribution in [3.05, 3.63) is 83.1 Å². The van der Waals surface area contributed by atoms with Gasteiger partial charge in [0, 0.05) is 40.8 Å². The molecule has 1 amide bonds. The highest BCUT2D eigenvalue weighted by Gasteiger charge is 2.47. The molecule has 10 nitrogen and oxygen atoms in total. The number of methoxy groups -OCH3 is 5. The van der Waals surface area contributed by atoms with Gasteiger partial charge in [-0.1, -0.05) is 0 Å². The second-order valence-corrected chi connectivity index (χ2v) is 9.65. The van der Waals surface area contributed by atoms with Gasteiger partial charge in [-0.2, -0.15) is 0 Å². The molecule has 0 radical (unpaired) electrons. The van der Waals surface area contributed by atoms with Crippen LogP contribution in [0.25, 0.3) is 16.7 Å². The highest BCUT2D eigenvalue weighted by atomic mass is 16.5. The van der Waals surface area contributed by atoms with Crippen molar-refractivity contribution in [1.82, 2.24) is 9.88 Å². The van der Waals surface area contributed by atoms with E-state index in [0.717, 1.165) is 16.5 Å². The smallest absolute Gasteiger partial charge is 0.295 e. The van der Waals surface area contributed by atoms with Crippen molar-refractivity contribution in [3.63, 3.8) is 0 Å². The lowest BCUT2D eigenvalue weighted by atomic mass is 9.94. The normalized spacial score (nSPS) is 16.1. The van der Waals surface area contributed by atoms with Crippen LogP contribution in [0.5, 0.6) is 28.7 Å². The second kappa shape index (κ2) is 11.8. The fourth-order valence-corrected chi connectivity index (χ4v) is 5.35. The maximum absolute atomic E-state index is 13.6. The summed E-state index contributed by atoms with van der Waals surface area (Å²) in [5.41, 5.74) is 2.64. The SMILES string of the molecule is COc1ccc([C@H]2C(=C(O)c3ccc(OC)c(OC)c3)C(=O)C(=O)N2CCc2c[nH]c3ccc(OC)cc23)c(OC)c1. The molecule has 0 aliphatic carbocycles. The Bertz CT molecular complexity index is 1690. The summed E-state index contributed by atoms with van der Waals surface area (Å²) in [6.07, 6.45) is 2.32. The number of Topliss-reactive ketones (excluding diaryl/α,β-unsaturated/α-hetero) is 1. The van der Waals surface area contributed by atoms with Crippen LogP contribution in [0.15, 0.2) is 66.4 Å². The van der Waals surface area contributed by atoms with E-state index in [1.807, 2.05) is 24.4 Å². The van der Waals surface area contributed by atoms with E-state index >= 15 is 0 Å². The van der Waals surface area contributed by atoms with Gasteiger partial charge < -0.3 is 38.7 Å². The molecule has 2 heterocycles. The summed E-state index contributed by atoms with van der Waals surface area (Å²) in [7, 11) is 7.62. The van der Waals surface area contributed by atoms with Gasteiger partial charge in [0.1, 0.15) is 23.0 Å². The second-order valence-electron chi connectivity index (χ2n) is 9.65. The molecule has 1 aromatic heterocycles. The lowest BCUT2D eigenvalue weighted by Crippen LogP contribution is -2.31. The number of aliphatic hydroxyl groups excluding tert-OH is 1. The Morgan fingerprint density at radius 2 is 1.50 bits per heavy atom. The van der Waals surface area contributed by atoms with E-state index in [1.165, 1.54) is 33.3 Å². The summed E-state index contributed by atoms with van der Waals surface area (Å²) in [6.45, 7) is 0.192. The van der Waals surface area contributed by atoms with Gasteiger partial charge in [0.05, 0.1) is 47.2 Å². The van der Waals surface area contributed by atoms with Crippen molar-refractivity contribution >= 4 is 28.4 Å². The molecular formula is C32H32N2O8. The summed E-state index contributed by atoms with van der Waals surface area (Å²) in [4.78, 5) is 31.9. The quantitative estimate of drug-likeness (QED) is 0.157. The summed E-state index contributed by atoms with van der Waals surface area (Å²) < 4.78 is 27.1. The molecule has 1 aliphatic heterocycles. The number of aliphatic hydroxyl groups is 1. The van der Waals surface area contributed by atoms with Crippen molar-refractivity contribution in [1.29, 1.82) is 0 Å². The number of ether oxygens (including phenoxy) is 5. The van der Waals surface area contributed by atoms with Gasteiger partial charge in [-0.15, -0.1) is 0 Å². The number of nitrogens with zero attached hydrogens (tertiary/aromatic N) is 1. The van der Waals surface area contributed by atoms with Crippen LogP contribution in [0.2, 0.25) is 0 Å². The van der Waals surface area contributed by atoms with E-state index in [1.54, 1.807) is 43.5 Å². The first-order valence-electron chi connectivity index (χ1n) is 13.2. The van der Waals surface area contributed by atoms with Gasteiger partial charge in [-0.25, -0.2) is 0 Å². The minimum Gasteiger partial charge on any atom is -0.507 e. The average Bonchev–Trinajstić information content (AvgIpc) is 3.55. The number of ketones is 1. The van der Waals surface area contributed by atoms with Crippen LogP contribution >= 0.6 is 0 Å². The molecular weight excluding hydrogens is 540 g/mol. The lowest BCUT2D eigenvalue weighted by molar-refractivity contribution is -0.139. The van der Waals surface area contributed by atoms with E-state index in [4.69, 9.17) is 23.7 Å². The minimum atomic E-state index is -0.932. The van der Waals surface area contributed by atoms with E-state index in [2.05, 4.69) is 4.98 Å². The molecule has 1 fully saturated rings. The summed E-state index contributed by atoms with van der Waals surface area (Å²) >= 11 is 0. The van der Waals surface area contributed by atoms with E-state index < -0.39 is 17.7 Å². The molecule has 0 unspecified atom stereocenters. The fourth-order valence-electron chi connectivity index (χ4n) is 5.35. The number of nitrogens with one attached hydrogen (secondary N) is 1. The fraction of sp³-hybridized carbons (Fsp3) is 0.250. The number of carbonyl (C=O) groups excluding carboxylic acids is 2. The monoisotopic (exact) mass is 572 g/mol. The minimum absolute atomic E-state index is 0.0590. The number of aromatic amines is 1. The number of likely N-dealkylation sites (tertiary alicyclic amines) is 1. The molecule has 218 valence electrons. The van der Waals surface area contributed by atoms with Gasteiger partial charge in [0.2, 0.25) is 0 Å². The predicted molar refractivity (Wildman–Crippen MR) is 157 cm³/mol. The molecule has 0 bridgehead atoms. The number of rotatable bonds is 10. The average molecular weight is 573 g/mol. The van der Waals surface area contributed by atoms with Crippen molar-refractivity contribution in [2.24, 2.45) is 0 Å². The van der Waals surface area contributed by atoms with Crippen molar-refractivity contribution in [3.8, 4) is 28.7 Å². The Morgan fingerprint density at radius 3 is 2.19 bits per heavy atom. The number of carbonyl (C=O) groups is 2. The molecule has 4 aromatic rings. The number of hydrogen-bond acceptors (Lipinski definition) is 8. The maximum atomic E-state index is 13.6. The largest absolute Gasteiger partial charge is 0.507 e. The number of hydrogen-bond donors (Lipinski definition) is 2. The third-order valence-corrected chi connectivity index (χ3v) is 7.53. The van der Waals surface area contributed by atoms with Gasteiger partial charge in [0.25, 0.3) is 11.7 Å². The van der Waals surface area contributed by atoms with Crippen LogP contribution in [0.3, 0.4) is 0 Å². The lowest BCUT2D eigenvalue weighted by Gasteiger charge is -2.27. The number of H-pyrrole nitrogens is 1. The van der Waals surface area contributed by atoms with Crippen LogP contribution in [-0.2, 0) is 16.0 Å². The summed E-state index contributed by atoms with van der Waals surface area (Å²) in [6, 6.07) is 14.7. The first-order chi connectivity index (χ1) is 20.3. The Hall–Kier alpha value is -5.12. The predicted octanol–water partition coefficient (Wildman–Crippen LogP) is 4.88. The highest BCUT2D eigenvalue weighted by Crippen LogP contribution is 2.44. The molecule has 0 saturated carbocycles. The first kappa shape index (κ1) is 28.4. The zero-order chi connectivity index (χ0) is 30.0. The molecule has 3 aromatic carbocycles. The van der Waals surface area contributed by atoms with Crippen molar-refractivity contribution in [2.45, 2.75) is 12.5 Å². The third kappa shape index (κ3) is 4.96. The summed E-state index contributed by atoms with van der Waals surface area (Å²) in [5, 5.41) is 12.5. The number of fused-ring (bicyclic) bond motifs is 1. The van der Waals surface area contributed by atoms with Gasteiger partial charge >= 0.3 is 0 Å². The molecule has 1 aliphatic rings. The Balaban J connectivity index is 1.62. The van der Waals surface area contributed by atoms with Crippen LogP contribution in [0.1, 0.15) is 22.7 Å². The van der Waals surface area contributed by atoms with Gasteiger partial charge in [0.15, 0.2) is 11.5 Å². The third-order valence-electron chi connectivity index (χ3n) is 7.53. The summed E-state index contributed by atoms with van der Waals surface area (Å²) in [5.74, 6) is 0.616. The van der Waals surface area contributed by atoms with Crippen LogP contribution < -0.4 is 23.7 Å². The van der Waals surface area contributed by atoms with Crippen LogP contribution in [0.4, 0.5) is 0 Å². The number of amides is 1. The molecule has 10 heteroatoms. The van der Waals surface area contributed by atoms with Crippen LogP contribution in [0, 0.1) is 0 Å². The Kier molecular flexibility index (Phi) is 7.97. The van der Waals surface area contributed by atoms with Crippen molar-refractivity contribution < 1.29 is 38.4 Å². The number of aromatic nitrogens is 1. The highest BCUT2D eigenvalue weighted by molar-refractivity contribution is 6.46. The topological polar surface area (TPSA) is 120 Å². The number of benzene rings is 3. The zero-order valence-electron chi connectivity index (χ0n) is 24.0. The van der Waals surface area contributed by atoms with Crippen molar-refractivity contribution in [2.75, 3.05) is 42.1 Å². The molecule has 1 saturated heterocycles. The Morgan fingerprint density at radius 1 is 0.810 bits per heavy atom. The van der Waals surface area contributed by atoms with Gasteiger partial charge in [-0.05, 0) is 60.5 Å². The molecule has 2 N–H and O–H groups in total. The van der Waals surface area contributed by atoms with E-state index in [9.17, 15) is 14.7 Å².